The average Bonchev–Trinajstić information content (AvgIpc) is 2.89. The van der Waals surface area contributed by atoms with Crippen molar-refractivity contribution < 1.29 is 13.9 Å². The van der Waals surface area contributed by atoms with E-state index in [0.717, 1.165) is 0 Å². The predicted molar refractivity (Wildman–Crippen MR) is 65.1 cm³/mol. The Morgan fingerprint density at radius 2 is 2.06 bits per heavy atom. The van der Waals surface area contributed by atoms with Crippen molar-refractivity contribution >= 4 is 11.9 Å². The Balaban J connectivity index is 2.20. The third-order valence-electron chi connectivity index (χ3n) is 2.31. The number of carbonyl (C=O) groups excluding carboxylic acids is 1. The molecule has 0 bridgehead atoms. The molecule has 0 N–H and O–H groups in total. The fourth-order valence-electron chi connectivity index (χ4n) is 1.48. The molecule has 3 nitrogen and oxygen atoms in total. The van der Waals surface area contributed by atoms with Crippen LogP contribution in [-0.2, 0) is 0 Å². The minimum absolute atomic E-state index is 0.112. The van der Waals surface area contributed by atoms with Crippen LogP contribution < -0.4 is 4.74 Å². The SMILES string of the molecule is COc1ccccc1C(=O)C=Cc1ccco1. The molecule has 0 saturated heterocycles. The van der Waals surface area contributed by atoms with Gasteiger partial charge in [-0.05, 0) is 36.4 Å². The van der Waals surface area contributed by atoms with Gasteiger partial charge in [-0.25, -0.2) is 0 Å². The van der Waals surface area contributed by atoms with Crippen LogP contribution in [0.5, 0.6) is 5.75 Å². The highest BCUT2D eigenvalue weighted by molar-refractivity contribution is 6.08. The molecule has 0 saturated carbocycles. The zero-order valence-electron chi connectivity index (χ0n) is 9.42. The highest BCUT2D eigenvalue weighted by atomic mass is 16.5. The van der Waals surface area contributed by atoms with Crippen molar-refractivity contribution in [2.75, 3.05) is 7.11 Å². The number of carbonyl (C=O) groups is 1. The summed E-state index contributed by atoms with van der Waals surface area (Å²) in [6, 6.07) is 10.7. The van der Waals surface area contributed by atoms with Gasteiger partial charge < -0.3 is 9.15 Å². The summed E-state index contributed by atoms with van der Waals surface area (Å²) in [6.45, 7) is 0. The zero-order valence-corrected chi connectivity index (χ0v) is 9.42. The molecule has 0 fully saturated rings. The number of para-hydroxylation sites is 1. The normalized spacial score (nSPS) is 10.6. The minimum Gasteiger partial charge on any atom is -0.496 e. The van der Waals surface area contributed by atoms with Gasteiger partial charge in [-0.2, -0.15) is 0 Å². The van der Waals surface area contributed by atoms with E-state index >= 15 is 0 Å². The van der Waals surface area contributed by atoms with Gasteiger partial charge in [0.1, 0.15) is 11.5 Å². The molecule has 1 aromatic heterocycles. The summed E-state index contributed by atoms with van der Waals surface area (Å²) in [7, 11) is 1.54. The van der Waals surface area contributed by atoms with E-state index in [1.807, 2.05) is 6.07 Å². The fourth-order valence-corrected chi connectivity index (χ4v) is 1.48. The first-order valence-electron chi connectivity index (χ1n) is 5.20. The van der Waals surface area contributed by atoms with Crippen LogP contribution in [0.3, 0.4) is 0 Å². The monoisotopic (exact) mass is 228 g/mol. The summed E-state index contributed by atoms with van der Waals surface area (Å²) in [6.07, 6.45) is 4.67. The second kappa shape index (κ2) is 5.16. The van der Waals surface area contributed by atoms with Crippen LogP contribution in [0.2, 0.25) is 0 Å². The Labute approximate surface area is 99.3 Å². The highest BCUT2D eigenvalue weighted by Crippen LogP contribution is 2.18. The number of rotatable bonds is 4. The van der Waals surface area contributed by atoms with Crippen molar-refractivity contribution in [3.63, 3.8) is 0 Å². The Hall–Kier alpha value is -2.29. The molecule has 0 aliphatic carbocycles. The maximum Gasteiger partial charge on any atom is 0.189 e. The summed E-state index contributed by atoms with van der Waals surface area (Å²) in [5.41, 5.74) is 0.540. The molecule has 1 heterocycles. The number of ether oxygens (including phenoxy) is 1. The predicted octanol–water partition coefficient (Wildman–Crippen LogP) is 3.18. The van der Waals surface area contributed by atoms with E-state index in [2.05, 4.69) is 0 Å². The maximum atomic E-state index is 11.9. The van der Waals surface area contributed by atoms with E-state index in [9.17, 15) is 4.79 Å². The molecule has 0 spiro atoms. The minimum atomic E-state index is -0.112. The lowest BCUT2D eigenvalue weighted by Crippen LogP contribution is -1.98. The molecule has 0 aliphatic heterocycles. The first-order valence-corrected chi connectivity index (χ1v) is 5.20. The zero-order chi connectivity index (χ0) is 12.1. The van der Waals surface area contributed by atoms with Gasteiger partial charge in [-0.15, -0.1) is 0 Å². The van der Waals surface area contributed by atoms with Crippen molar-refractivity contribution in [1.82, 2.24) is 0 Å². The molecular weight excluding hydrogens is 216 g/mol. The van der Waals surface area contributed by atoms with Gasteiger partial charge in [0.2, 0.25) is 0 Å². The fraction of sp³-hybridized carbons (Fsp3) is 0.0714. The van der Waals surface area contributed by atoms with Crippen LogP contribution >= 0.6 is 0 Å². The average molecular weight is 228 g/mol. The Bertz CT molecular complexity index is 524. The standard InChI is InChI=1S/C14H12O3/c1-16-14-7-3-2-6-12(14)13(15)9-8-11-5-4-10-17-11/h2-10H,1H3. The lowest BCUT2D eigenvalue weighted by Gasteiger charge is -2.03. The summed E-state index contributed by atoms with van der Waals surface area (Å²) in [5.74, 6) is 1.11. The molecular formula is C14H12O3. The van der Waals surface area contributed by atoms with Gasteiger partial charge in [0.25, 0.3) is 0 Å². The molecule has 1 aromatic carbocycles. The number of ketones is 1. The van der Waals surface area contributed by atoms with E-state index in [1.165, 1.54) is 6.08 Å². The third-order valence-corrected chi connectivity index (χ3v) is 2.31. The second-order valence-electron chi connectivity index (χ2n) is 3.41. The molecule has 3 heteroatoms. The first-order chi connectivity index (χ1) is 8.31. The largest absolute Gasteiger partial charge is 0.496 e. The first kappa shape index (κ1) is 11.2. The van der Waals surface area contributed by atoms with Crippen LogP contribution in [0.15, 0.2) is 53.2 Å². The van der Waals surface area contributed by atoms with Crippen LogP contribution in [0.1, 0.15) is 16.1 Å². The molecule has 0 aliphatic rings. The summed E-state index contributed by atoms with van der Waals surface area (Å²) in [4.78, 5) is 11.9. The van der Waals surface area contributed by atoms with Gasteiger partial charge in [0.15, 0.2) is 5.78 Å². The molecule has 0 amide bonds. The molecule has 17 heavy (non-hydrogen) atoms. The van der Waals surface area contributed by atoms with Crippen molar-refractivity contribution in [2.24, 2.45) is 0 Å². The van der Waals surface area contributed by atoms with E-state index < -0.39 is 0 Å². The number of methoxy groups -OCH3 is 1. The van der Waals surface area contributed by atoms with Crippen molar-refractivity contribution in [1.29, 1.82) is 0 Å². The summed E-state index contributed by atoms with van der Waals surface area (Å²) in [5, 5.41) is 0. The van der Waals surface area contributed by atoms with Crippen LogP contribution in [0.25, 0.3) is 6.08 Å². The second-order valence-corrected chi connectivity index (χ2v) is 3.41. The number of allylic oxidation sites excluding steroid dienone is 1. The van der Waals surface area contributed by atoms with Gasteiger partial charge >= 0.3 is 0 Å². The van der Waals surface area contributed by atoms with E-state index in [0.29, 0.717) is 17.1 Å². The third kappa shape index (κ3) is 2.64. The maximum absolute atomic E-state index is 11.9. The van der Waals surface area contributed by atoms with Crippen molar-refractivity contribution in [3.8, 4) is 5.75 Å². The van der Waals surface area contributed by atoms with Gasteiger partial charge in [-0.1, -0.05) is 12.1 Å². The molecule has 2 aromatic rings. The molecule has 0 unspecified atom stereocenters. The van der Waals surface area contributed by atoms with E-state index in [4.69, 9.17) is 9.15 Å². The number of benzene rings is 1. The quantitative estimate of drug-likeness (QED) is 0.596. The number of hydrogen-bond donors (Lipinski definition) is 0. The number of furan rings is 1. The molecule has 0 atom stereocenters. The van der Waals surface area contributed by atoms with Gasteiger partial charge in [0.05, 0.1) is 18.9 Å². The van der Waals surface area contributed by atoms with Crippen molar-refractivity contribution in [2.45, 2.75) is 0 Å². The van der Waals surface area contributed by atoms with Crippen LogP contribution in [0, 0.1) is 0 Å². The van der Waals surface area contributed by atoms with E-state index in [-0.39, 0.29) is 5.78 Å². The lowest BCUT2D eigenvalue weighted by atomic mass is 10.1. The lowest BCUT2D eigenvalue weighted by molar-refractivity contribution is 0.104. The topological polar surface area (TPSA) is 39.4 Å². The van der Waals surface area contributed by atoms with Gasteiger partial charge in [-0.3, -0.25) is 4.79 Å². The van der Waals surface area contributed by atoms with Crippen molar-refractivity contribution in [3.05, 3.63) is 60.1 Å². The van der Waals surface area contributed by atoms with Crippen LogP contribution in [-0.4, -0.2) is 12.9 Å². The number of hydrogen-bond acceptors (Lipinski definition) is 3. The Morgan fingerprint density at radius 3 is 2.76 bits per heavy atom. The Kier molecular flexibility index (Phi) is 3.40. The molecule has 0 radical (unpaired) electrons. The van der Waals surface area contributed by atoms with Gasteiger partial charge in [0, 0.05) is 0 Å². The van der Waals surface area contributed by atoms with E-state index in [1.54, 1.807) is 49.8 Å². The molecule has 86 valence electrons. The summed E-state index contributed by atoms with van der Waals surface area (Å²) >= 11 is 0. The molecule has 2 rings (SSSR count). The Morgan fingerprint density at radius 1 is 1.24 bits per heavy atom. The highest BCUT2D eigenvalue weighted by Gasteiger charge is 2.07. The van der Waals surface area contributed by atoms with Crippen LogP contribution in [0.4, 0.5) is 0 Å². The smallest absolute Gasteiger partial charge is 0.189 e. The summed E-state index contributed by atoms with van der Waals surface area (Å²) < 4.78 is 10.2.